The molecule has 1 fully saturated rings. The van der Waals surface area contributed by atoms with E-state index in [1.165, 1.54) is 19.2 Å². The van der Waals surface area contributed by atoms with E-state index in [0.29, 0.717) is 36.5 Å². The Balaban J connectivity index is 1.76. The van der Waals surface area contributed by atoms with Crippen molar-refractivity contribution in [3.63, 3.8) is 0 Å². The molecule has 2 aliphatic rings. The number of rotatable bonds is 1. The molecule has 2 aromatic heterocycles. The second kappa shape index (κ2) is 8.06. The number of aromatic nitrogens is 3. The van der Waals surface area contributed by atoms with Crippen molar-refractivity contribution in [1.29, 1.82) is 0 Å². The van der Waals surface area contributed by atoms with E-state index in [-0.39, 0.29) is 17.8 Å². The topological polar surface area (TPSA) is 71.8 Å². The summed E-state index contributed by atoms with van der Waals surface area (Å²) < 4.78 is 20.8. The molecule has 1 atom stereocenters. The Kier molecular flexibility index (Phi) is 5.33. The Labute approximate surface area is 168 Å². The third kappa shape index (κ3) is 3.87. The molecular formula is C21H24FN5O2. The molecule has 2 bridgehead atoms. The summed E-state index contributed by atoms with van der Waals surface area (Å²) in [5.41, 5.74) is 1.77. The monoisotopic (exact) mass is 397 g/mol. The van der Waals surface area contributed by atoms with Crippen LogP contribution in [0.2, 0.25) is 0 Å². The number of amides is 1. The van der Waals surface area contributed by atoms with Crippen LogP contribution in [-0.2, 0) is 4.74 Å². The lowest BCUT2D eigenvalue weighted by Crippen LogP contribution is -2.33. The minimum absolute atomic E-state index is 0.00680. The largest absolute Gasteiger partial charge is 0.493 e. The molecule has 7 nitrogen and oxygen atoms in total. The summed E-state index contributed by atoms with van der Waals surface area (Å²) >= 11 is 0. The van der Waals surface area contributed by atoms with E-state index in [0.717, 1.165) is 30.8 Å². The van der Waals surface area contributed by atoms with E-state index in [9.17, 15) is 9.18 Å². The van der Waals surface area contributed by atoms with Crippen molar-refractivity contribution in [2.75, 3.05) is 24.6 Å². The Hall–Kier alpha value is -3.16. The molecule has 4 heterocycles. The van der Waals surface area contributed by atoms with E-state index in [1.54, 1.807) is 16.8 Å². The molecule has 0 spiro atoms. The molecule has 1 saturated heterocycles. The van der Waals surface area contributed by atoms with Gasteiger partial charge < -0.3 is 15.0 Å². The highest BCUT2D eigenvalue weighted by Crippen LogP contribution is 2.32. The number of allylic oxidation sites excluding steroid dienone is 3. The van der Waals surface area contributed by atoms with Gasteiger partial charge in [0.1, 0.15) is 17.1 Å². The number of nitrogens with one attached hydrogen (secondary N) is 1. The minimum Gasteiger partial charge on any atom is -0.493 e. The predicted octanol–water partition coefficient (Wildman–Crippen LogP) is 3.16. The number of carbonyl (C=O) groups is 1. The molecule has 8 heteroatoms. The van der Waals surface area contributed by atoms with E-state index in [1.807, 2.05) is 6.07 Å². The number of hydrogen-bond acceptors (Lipinski definition) is 5. The van der Waals surface area contributed by atoms with E-state index < -0.39 is 0 Å². The summed E-state index contributed by atoms with van der Waals surface area (Å²) in [6.45, 7) is 7.31. The Bertz CT molecular complexity index is 1010. The van der Waals surface area contributed by atoms with Crippen LogP contribution in [-0.4, -0.2) is 46.2 Å². The summed E-state index contributed by atoms with van der Waals surface area (Å²) in [6.07, 6.45) is 8.85. The number of fused-ring (bicyclic) bond motifs is 3. The Morgan fingerprint density at radius 1 is 1.45 bits per heavy atom. The molecule has 1 N–H and O–H groups in total. The fourth-order valence-corrected chi connectivity index (χ4v) is 3.74. The van der Waals surface area contributed by atoms with Gasteiger partial charge in [0.05, 0.1) is 24.7 Å². The van der Waals surface area contributed by atoms with Gasteiger partial charge in [-0.15, -0.1) is 0 Å². The third-order valence-electron chi connectivity index (χ3n) is 5.19. The van der Waals surface area contributed by atoms with Crippen molar-refractivity contribution < 1.29 is 13.9 Å². The number of halogens is 1. The van der Waals surface area contributed by atoms with Gasteiger partial charge in [0, 0.05) is 24.9 Å². The van der Waals surface area contributed by atoms with Crippen LogP contribution in [0.5, 0.6) is 0 Å². The maximum absolute atomic E-state index is 13.3. The molecule has 0 aliphatic carbocycles. The van der Waals surface area contributed by atoms with E-state index in [4.69, 9.17) is 9.72 Å². The summed E-state index contributed by atoms with van der Waals surface area (Å²) in [7, 11) is 0. The van der Waals surface area contributed by atoms with Gasteiger partial charge in [-0.05, 0) is 44.4 Å². The standard InChI is InChI=1S/C21H24FN5O2/c1-14(22)6-7-18-15(2)17-5-3-10-26(17)19-8-11-27-20(25-19)16(13-24-27)21(28)23-9-4-12-29-18/h6-8,11,13,17H,2-5,9-10,12H2,1H3,(H,23,28)/b14-6+,18-7+/t17-/m1/s1. The number of carbonyl (C=O) groups excluding carboxylic acids is 1. The maximum atomic E-state index is 13.3. The normalized spacial score (nSPS) is 22.6. The smallest absolute Gasteiger partial charge is 0.256 e. The highest BCUT2D eigenvalue weighted by Gasteiger charge is 2.30. The summed E-state index contributed by atoms with van der Waals surface area (Å²) in [4.78, 5) is 19.4. The Morgan fingerprint density at radius 3 is 3.14 bits per heavy atom. The first-order valence-electron chi connectivity index (χ1n) is 9.80. The summed E-state index contributed by atoms with van der Waals surface area (Å²) in [6, 6.07) is 1.88. The quantitative estimate of drug-likeness (QED) is 0.800. The van der Waals surface area contributed by atoms with Gasteiger partial charge >= 0.3 is 0 Å². The number of hydrogen-bond donors (Lipinski definition) is 1. The van der Waals surface area contributed by atoms with Gasteiger partial charge in [-0.1, -0.05) is 6.58 Å². The molecule has 1 amide bonds. The summed E-state index contributed by atoms with van der Waals surface area (Å²) in [5, 5.41) is 7.11. The van der Waals surface area contributed by atoms with Crippen LogP contribution in [0.4, 0.5) is 10.2 Å². The van der Waals surface area contributed by atoms with Crippen LogP contribution >= 0.6 is 0 Å². The van der Waals surface area contributed by atoms with Gasteiger partial charge in [-0.25, -0.2) is 13.9 Å². The van der Waals surface area contributed by atoms with Crippen molar-refractivity contribution in [2.45, 2.75) is 32.2 Å². The highest BCUT2D eigenvalue weighted by atomic mass is 19.1. The molecule has 0 unspecified atom stereocenters. The molecule has 152 valence electrons. The molecular weight excluding hydrogens is 373 g/mol. The van der Waals surface area contributed by atoms with E-state index >= 15 is 0 Å². The van der Waals surface area contributed by atoms with Gasteiger partial charge in [-0.2, -0.15) is 5.10 Å². The summed E-state index contributed by atoms with van der Waals surface area (Å²) in [5.74, 6) is 0.804. The first-order valence-corrected chi connectivity index (χ1v) is 9.80. The molecule has 4 rings (SSSR count). The van der Waals surface area contributed by atoms with Crippen molar-refractivity contribution in [3.8, 4) is 0 Å². The zero-order valence-electron chi connectivity index (χ0n) is 16.4. The zero-order chi connectivity index (χ0) is 20.4. The lowest BCUT2D eigenvalue weighted by atomic mass is 10.0. The number of nitrogens with zero attached hydrogens (tertiary/aromatic N) is 4. The third-order valence-corrected chi connectivity index (χ3v) is 5.19. The lowest BCUT2D eigenvalue weighted by Gasteiger charge is -2.28. The first-order chi connectivity index (χ1) is 14.0. The Morgan fingerprint density at radius 2 is 2.31 bits per heavy atom. The lowest BCUT2D eigenvalue weighted by molar-refractivity contribution is 0.0951. The van der Waals surface area contributed by atoms with Crippen LogP contribution in [0.3, 0.4) is 0 Å². The van der Waals surface area contributed by atoms with Crippen LogP contribution in [0.1, 0.15) is 36.5 Å². The minimum atomic E-state index is -0.302. The fourth-order valence-electron chi connectivity index (χ4n) is 3.74. The van der Waals surface area contributed by atoms with Crippen molar-refractivity contribution in [3.05, 3.63) is 59.9 Å². The maximum Gasteiger partial charge on any atom is 0.256 e. The molecule has 0 saturated carbocycles. The number of anilines is 1. The predicted molar refractivity (Wildman–Crippen MR) is 108 cm³/mol. The zero-order valence-corrected chi connectivity index (χ0v) is 16.4. The van der Waals surface area contributed by atoms with Gasteiger partial charge in [0.2, 0.25) is 0 Å². The van der Waals surface area contributed by atoms with Crippen molar-refractivity contribution >= 4 is 17.4 Å². The average Bonchev–Trinajstić information content (AvgIpc) is 3.35. The average molecular weight is 397 g/mol. The van der Waals surface area contributed by atoms with Crippen LogP contribution < -0.4 is 10.2 Å². The van der Waals surface area contributed by atoms with Crippen LogP contribution in [0.25, 0.3) is 5.65 Å². The first kappa shape index (κ1) is 19.2. The second-order valence-electron chi connectivity index (χ2n) is 7.23. The van der Waals surface area contributed by atoms with Crippen molar-refractivity contribution in [1.82, 2.24) is 19.9 Å². The number of ether oxygens (including phenoxy) is 1. The van der Waals surface area contributed by atoms with Crippen LogP contribution in [0.15, 0.2) is 54.4 Å². The SMILES string of the molecule is C=C1/C(=C\C=C(/C)F)OCCCNC(=O)c2cnn3ccc(nc23)N2CCC[C@H]12. The van der Waals surface area contributed by atoms with Crippen LogP contribution in [0, 0.1) is 0 Å². The molecule has 2 aromatic rings. The molecule has 0 radical (unpaired) electrons. The molecule has 0 aromatic carbocycles. The fraction of sp³-hybridized carbons (Fsp3) is 0.381. The highest BCUT2D eigenvalue weighted by molar-refractivity contribution is 5.99. The van der Waals surface area contributed by atoms with E-state index in [2.05, 4.69) is 21.9 Å². The van der Waals surface area contributed by atoms with Gasteiger partial charge in [-0.3, -0.25) is 4.79 Å². The van der Waals surface area contributed by atoms with Gasteiger partial charge in [0.25, 0.3) is 5.91 Å². The second-order valence-corrected chi connectivity index (χ2v) is 7.23. The van der Waals surface area contributed by atoms with Crippen molar-refractivity contribution in [2.24, 2.45) is 0 Å². The van der Waals surface area contributed by atoms with Gasteiger partial charge in [0.15, 0.2) is 5.65 Å². The molecule has 29 heavy (non-hydrogen) atoms. The molecule has 2 aliphatic heterocycles.